The molecule has 0 saturated heterocycles. The first-order valence-corrected chi connectivity index (χ1v) is 4.01. The molecule has 0 N–H and O–H groups in total. The van der Waals surface area contributed by atoms with E-state index in [1.807, 2.05) is 31.2 Å². The fourth-order valence-electron chi connectivity index (χ4n) is 0.920. The van der Waals surface area contributed by atoms with Crippen LogP contribution in [0, 0.1) is 6.92 Å². The van der Waals surface area contributed by atoms with Crippen molar-refractivity contribution in [1.82, 2.24) is 0 Å². The second kappa shape index (κ2) is 5.32. The lowest BCUT2D eigenvalue weighted by molar-refractivity contribution is -0.141. The Kier molecular flexibility index (Phi) is 3.99. The van der Waals surface area contributed by atoms with E-state index in [9.17, 15) is 4.79 Å². The van der Waals surface area contributed by atoms with E-state index in [0.717, 1.165) is 5.56 Å². The van der Waals surface area contributed by atoms with Crippen molar-refractivity contribution in [1.29, 1.82) is 0 Å². The number of aryl methyl sites for hydroxylation is 1. The lowest BCUT2D eigenvalue weighted by atomic mass is 10.2. The summed E-state index contributed by atoms with van der Waals surface area (Å²) in [5.74, 6) is 0. The summed E-state index contributed by atoms with van der Waals surface area (Å²) in [4.78, 5) is 9.76. The van der Waals surface area contributed by atoms with E-state index in [1.165, 1.54) is 5.56 Å². The van der Waals surface area contributed by atoms with E-state index < -0.39 is 0 Å². The smallest absolute Gasteiger partial charge is 0.295 e. The zero-order chi connectivity index (χ0) is 9.52. The molecule has 0 bridgehead atoms. The fraction of sp³-hybridized carbons (Fsp3) is 0.300. The van der Waals surface area contributed by atoms with Crippen molar-refractivity contribution >= 4 is 6.47 Å². The minimum atomic E-state index is 0.0113. The van der Waals surface area contributed by atoms with Gasteiger partial charge in [-0.2, -0.15) is 0 Å². The van der Waals surface area contributed by atoms with Crippen LogP contribution in [0.2, 0.25) is 0 Å². The van der Waals surface area contributed by atoms with Gasteiger partial charge >= 0.3 is 0 Å². The number of carbonyl (C=O) groups excluding carboxylic acids is 1. The molecule has 0 amide bonds. The fourth-order valence-corrected chi connectivity index (χ4v) is 0.920. The summed E-state index contributed by atoms with van der Waals surface area (Å²) in [6, 6.07) is 7.99. The third kappa shape index (κ3) is 3.71. The van der Waals surface area contributed by atoms with Crippen LogP contribution in [-0.2, 0) is 20.9 Å². The Morgan fingerprint density at radius 2 is 2.00 bits per heavy atom. The molecule has 0 aromatic heterocycles. The second-order valence-corrected chi connectivity index (χ2v) is 2.71. The summed E-state index contributed by atoms with van der Waals surface area (Å²) in [6.45, 7) is 2.88. The molecule has 0 unspecified atom stereocenters. The Labute approximate surface area is 77.3 Å². The Hall–Kier alpha value is -1.35. The van der Waals surface area contributed by atoms with E-state index in [4.69, 9.17) is 4.74 Å². The molecule has 0 aliphatic heterocycles. The van der Waals surface area contributed by atoms with Gasteiger partial charge in [-0.25, -0.2) is 0 Å². The molecule has 3 nitrogen and oxygen atoms in total. The highest BCUT2D eigenvalue weighted by molar-refractivity contribution is 5.36. The monoisotopic (exact) mass is 180 g/mol. The lowest BCUT2D eigenvalue weighted by Gasteiger charge is -2.02. The van der Waals surface area contributed by atoms with Gasteiger partial charge in [-0.15, -0.1) is 0 Å². The molecule has 3 heteroatoms. The predicted octanol–water partition coefficient (Wildman–Crippen LogP) is 1.64. The average Bonchev–Trinajstić information content (AvgIpc) is 2.15. The standard InChI is InChI=1S/C10H12O3/c1-9-2-4-10(5-3-9)6-12-8-13-7-11/h2-5,7H,6,8H2,1H3. The molecule has 1 aromatic carbocycles. The summed E-state index contributed by atoms with van der Waals surface area (Å²) >= 11 is 0. The van der Waals surface area contributed by atoms with Gasteiger partial charge in [-0.05, 0) is 12.5 Å². The van der Waals surface area contributed by atoms with Crippen LogP contribution in [0.1, 0.15) is 11.1 Å². The first-order valence-electron chi connectivity index (χ1n) is 4.01. The van der Waals surface area contributed by atoms with Gasteiger partial charge in [0.1, 0.15) is 0 Å². The molecule has 1 aromatic rings. The summed E-state index contributed by atoms with van der Waals surface area (Å²) in [5, 5.41) is 0. The van der Waals surface area contributed by atoms with Crippen LogP contribution < -0.4 is 0 Å². The minimum Gasteiger partial charge on any atom is -0.441 e. The van der Waals surface area contributed by atoms with E-state index >= 15 is 0 Å². The number of hydrogen-bond donors (Lipinski definition) is 0. The first-order chi connectivity index (χ1) is 6.33. The number of rotatable bonds is 5. The van der Waals surface area contributed by atoms with Crippen molar-refractivity contribution in [2.24, 2.45) is 0 Å². The molecule has 0 fully saturated rings. The molecule has 0 aliphatic carbocycles. The van der Waals surface area contributed by atoms with E-state index in [-0.39, 0.29) is 6.79 Å². The highest BCUT2D eigenvalue weighted by Gasteiger charge is 1.91. The normalized spacial score (nSPS) is 9.62. The summed E-state index contributed by atoms with van der Waals surface area (Å²) in [7, 11) is 0. The maximum atomic E-state index is 9.76. The molecule has 0 radical (unpaired) electrons. The van der Waals surface area contributed by atoms with Gasteiger partial charge in [0.2, 0.25) is 0 Å². The molecule has 0 saturated carbocycles. The van der Waals surface area contributed by atoms with Crippen LogP contribution >= 0.6 is 0 Å². The van der Waals surface area contributed by atoms with Crippen molar-refractivity contribution < 1.29 is 14.3 Å². The number of benzene rings is 1. The van der Waals surface area contributed by atoms with Crippen molar-refractivity contribution in [3.8, 4) is 0 Å². The Morgan fingerprint density at radius 3 is 2.62 bits per heavy atom. The largest absolute Gasteiger partial charge is 0.441 e. The maximum Gasteiger partial charge on any atom is 0.295 e. The highest BCUT2D eigenvalue weighted by Crippen LogP contribution is 2.03. The van der Waals surface area contributed by atoms with Crippen LogP contribution in [0.15, 0.2) is 24.3 Å². The molecule has 0 aliphatic rings. The third-order valence-corrected chi connectivity index (χ3v) is 1.61. The van der Waals surface area contributed by atoms with Crippen molar-refractivity contribution in [3.05, 3.63) is 35.4 Å². The molecule has 0 heterocycles. The molecule has 1 rings (SSSR count). The van der Waals surface area contributed by atoms with Gasteiger partial charge < -0.3 is 9.47 Å². The Bertz CT molecular complexity index is 253. The molecule has 0 atom stereocenters. The van der Waals surface area contributed by atoms with Crippen molar-refractivity contribution in [2.45, 2.75) is 13.5 Å². The summed E-state index contributed by atoms with van der Waals surface area (Å²) in [5.41, 5.74) is 2.29. The number of hydrogen-bond acceptors (Lipinski definition) is 3. The van der Waals surface area contributed by atoms with Gasteiger partial charge in [0.25, 0.3) is 6.47 Å². The third-order valence-electron chi connectivity index (χ3n) is 1.61. The Morgan fingerprint density at radius 1 is 1.31 bits per heavy atom. The van der Waals surface area contributed by atoms with Crippen molar-refractivity contribution in [2.75, 3.05) is 6.79 Å². The van der Waals surface area contributed by atoms with E-state index in [0.29, 0.717) is 13.1 Å². The van der Waals surface area contributed by atoms with Crippen LogP contribution in [0.25, 0.3) is 0 Å². The van der Waals surface area contributed by atoms with Crippen LogP contribution in [0.4, 0.5) is 0 Å². The lowest BCUT2D eigenvalue weighted by Crippen LogP contribution is -1.98. The topological polar surface area (TPSA) is 35.5 Å². The van der Waals surface area contributed by atoms with Gasteiger partial charge in [-0.1, -0.05) is 29.8 Å². The molecular weight excluding hydrogens is 168 g/mol. The van der Waals surface area contributed by atoms with Gasteiger partial charge in [0.15, 0.2) is 6.79 Å². The predicted molar refractivity (Wildman–Crippen MR) is 48.0 cm³/mol. The zero-order valence-corrected chi connectivity index (χ0v) is 7.53. The highest BCUT2D eigenvalue weighted by atomic mass is 16.7. The Balaban J connectivity index is 2.28. The van der Waals surface area contributed by atoms with E-state index in [1.54, 1.807) is 0 Å². The minimum absolute atomic E-state index is 0.0113. The summed E-state index contributed by atoms with van der Waals surface area (Å²) in [6.07, 6.45) is 0. The molecule has 70 valence electrons. The van der Waals surface area contributed by atoms with Crippen LogP contribution in [-0.4, -0.2) is 13.3 Å². The molecule has 0 spiro atoms. The van der Waals surface area contributed by atoms with E-state index in [2.05, 4.69) is 4.74 Å². The first kappa shape index (κ1) is 9.74. The molecular formula is C10H12O3. The van der Waals surface area contributed by atoms with Crippen molar-refractivity contribution in [3.63, 3.8) is 0 Å². The van der Waals surface area contributed by atoms with Crippen LogP contribution in [0.3, 0.4) is 0 Å². The number of ether oxygens (including phenoxy) is 2. The SMILES string of the molecule is Cc1ccc(COCOC=O)cc1. The van der Waals surface area contributed by atoms with Gasteiger partial charge in [0, 0.05) is 0 Å². The molecule has 13 heavy (non-hydrogen) atoms. The number of carbonyl (C=O) groups is 1. The van der Waals surface area contributed by atoms with Gasteiger partial charge in [-0.3, -0.25) is 4.79 Å². The second-order valence-electron chi connectivity index (χ2n) is 2.71. The average molecular weight is 180 g/mol. The quantitative estimate of drug-likeness (QED) is 0.392. The summed E-state index contributed by atoms with van der Waals surface area (Å²) < 4.78 is 9.42. The van der Waals surface area contributed by atoms with Gasteiger partial charge in [0.05, 0.1) is 6.61 Å². The van der Waals surface area contributed by atoms with Crippen LogP contribution in [0.5, 0.6) is 0 Å². The maximum absolute atomic E-state index is 9.76. The zero-order valence-electron chi connectivity index (χ0n) is 7.53.